The molecule has 0 bridgehead atoms. The van der Waals surface area contributed by atoms with Gasteiger partial charge in [0.2, 0.25) is 5.89 Å². The fourth-order valence-electron chi connectivity index (χ4n) is 1.83. The Kier molecular flexibility index (Phi) is 3.38. The highest BCUT2D eigenvalue weighted by Crippen LogP contribution is 2.29. The lowest BCUT2D eigenvalue weighted by Gasteiger charge is -2.00. The number of hydrogen-bond acceptors (Lipinski definition) is 3. The summed E-state index contributed by atoms with van der Waals surface area (Å²) >= 11 is 11.8. The van der Waals surface area contributed by atoms with Crippen LogP contribution in [-0.4, -0.2) is 4.98 Å². The van der Waals surface area contributed by atoms with E-state index in [2.05, 4.69) is 4.98 Å². The molecule has 100 valence electrons. The summed E-state index contributed by atoms with van der Waals surface area (Å²) in [5.41, 5.74) is 7.97. The average molecular weight is 305 g/mol. The van der Waals surface area contributed by atoms with E-state index in [1.54, 1.807) is 30.5 Å². The largest absolute Gasteiger partial charge is 0.436 e. The molecule has 0 spiro atoms. The maximum Gasteiger partial charge on any atom is 0.226 e. The number of anilines is 1. The molecule has 1 aromatic heterocycles. The lowest BCUT2D eigenvalue weighted by Crippen LogP contribution is -1.87. The van der Waals surface area contributed by atoms with Crippen LogP contribution in [0, 0.1) is 0 Å². The maximum absolute atomic E-state index is 5.90. The minimum Gasteiger partial charge on any atom is -0.436 e. The van der Waals surface area contributed by atoms with Crippen molar-refractivity contribution < 1.29 is 4.42 Å². The monoisotopic (exact) mass is 304 g/mol. The molecule has 0 radical (unpaired) electrons. The van der Waals surface area contributed by atoms with Gasteiger partial charge >= 0.3 is 0 Å². The number of halogens is 2. The van der Waals surface area contributed by atoms with Gasteiger partial charge in [-0.1, -0.05) is 23.2 Å². The summed E-state index contributed by atoms with van der Waals surface area (Å²) in [6, 6.07) is 12.6. The molecule has 0 aliphatic carbocycles. The molecule has 0 unspecified atom stereocenters. The summed E-state index contributed by atoms with van der Waals surface area (Å²) in [6.45, 7) is 0. The van der Waals surface area contributed by atoms with E-state index in [-0.39, 0.29) is 0 Å². The third kappa shape index (κ3) is 2.50. The second kappa shape index (κ2) is 5.19. The molecule has 5 heteroatoms. The van der Waals surface area contributed by atoms with Gasteiger partial charge in [-0.25, -0.2) is 4.98 Å². The van der Waals surface area contributed by atoms with Gasteiger partial charge in [-0.3, -0.25) is 0 Å². The summed E-state index contributed by atoms with van der Waals surface area (Å²) in [6.07, 6.45) is 1.67. The van der Waals surface area contributed by atoms with Crippen molar-refractivity contribution in [1.29, 1.82) is 0 Å². The first kappa shape index (κ1) is 13.0. The van der Waals surface area contributed by atoms with E-state index in [0.717, 1.165) is 11.1 Å². The van der Waals surface area contributed by atoms with Crippen molar-refractivity contribution in [3.05, 3.63) is 58.7 Å². The van der Waals surface area contributed by atoms with E-state index in [1.165, 1.54) is 0 Å². The van der Waals surface area contributed by atoms with Crippen LogP contribution < -0.4 is 5.73 Å². The molecule has 0 aliphatic rings. The smallest absolute Gasteiger partial charge is 0.226 e. The van der Waals surface area contributed by atoms with Gasteiger partial charge in [0.15, 0.2) is 5.76 Å². The Hall–Kier alpha value is -1.97. The van der Waals surface area contributed by atoms with Crippen LogP contribution in [0.1, 0.15) is 0 Å². The fraction of sp³-hybridized carbons (Fsp3) is 0. The van der Waals surface area contributed by atoms with Gasteiger partial charge in [-0.15, -0.1) is 0 Å². The molecule has 20 heavy (non-hydrogen) atoms. The Morgan fingerprint density at radius 1 is 0.950 bits per heavy atom. The third-order valence-electron chi connectivity index (χ3n) is 2.88. The molecule has 0 saturated carbocycles. The Morgan fingerprint density at radius 3 is 2.35 bits per heavy atom. The van der Waals surface area contributed by atoms with Crippen molar-refractivity contribution in [1.82, 2.24) is 4.98 Å². The van der Waals surface area contributed by atoms with Crippen LogP contribution in [0.2, 0.25) is 10.0 Å². The highest BCUT2D eigenvalue weighted by Gasteiger charge is 2.09. The zero-order valence-corrected chi connectivity index (χ0v) is 11.8. The normalized spacial score (nSPS) is 10.7. The van der Waals surface area contributed by atoms with Crippen molar-refractivity contribution in [2.45, 2.75) is 0 Å². The first-order valence-corrected chi connectivity index (χ1v) is 6.66. The molecule has 0 fully saturated rings. The molecule has 0 amide bonds. The first-order chi connectivity index (χ1) is 9.63. The molecule has 2 aromatic carbocycles. The van der Waals surface area contributed by atoms with Gasteiger partial charge in [0, 0.05) is 16.1 Å². The summed E-state index contributed by atoms with van der Waals surface area (Å²) in [5.74, 6) is 1.17. The van der Waals surface area contributed by atoms with E-state index in [1.807, 2.05) is 18.2 Å². The number of nitrogens with two attached hydrogens (primary N) is 1. The third-order valence-corrected chi connectivity index (χ3v) is 3.47. The second-order valence-corrected chi connectivity index (χ2v) is 5.12. The number of nitrogen functional groups attached to an aromatic ring is 1. The van der Waals surface area contributed by atoms with Crippen LogP contribution in [0.3, 0.4) is 0 Å². The summed E-state index contributed by atoms with van der Waals surface area (Å²) in [5, 5.41) is 1.19. The van der Waals surface area contributed by atoms with E-state index in [0.29, 0.717) is 27.4 Å². The van der Waals surface area contributed by atoms with Gasteiger partial charge in [-0.2, -0.15) is 0 Å². The number of hydrogen-bond donors (Lipinski definition) is 1. The van der Waals surface area contributed by atoms with Crippen LogP contribution in [0.25, 0.3) is 22.8 Å². The summed E-state index contributed by atoms with van der Waals surface area (Å²) in [4.78, 5) is 4.26. The molecule has 3 nitrogen and oxygen atoms in total. The molecule has 3 rings (SSSR count). The van der Waals surface area contributed by atoms with Crippen LogP contribution in [-0.2, 0) is 0 Å². The van der Waals surface area contributed by atoms with Crippen molar-refractivity contribution in [2.75, 3.05) is 5.73 Å². The van der Waals surface area contributed by atoms with Gasteiger partial charge in [0.25, 0.3) is 0 Å². The maximum atomic E-state index is 5.90. The number of rotatable bonds is 2. The van der Waals surface area contributed by atoms with Crippen LogP contribution in [0.15, 0.2) is 53.1 Å². The molecular formula is C15H10Cl2N2O. The van der Waals surface area contributed by atoms with Crippen molar-refractivity contribution in [3.8, 4) is 22.8 Å². The van der Waals surface area contributed by atoms with Crippen LogP contribution >= 0.6 is 23.2 Å². The van der Waals surface area contributed by atoms with Gasteiger partial charge in [-0.05, 0) is 42.5 Å². The summed E-state index contributed by atoms with van der Waals surface area (Å²) < 4.78 is 5.74. The van der Waals surface area contributed by atoms with Crippen LogP contribution in [0.5, 0.6) is 0 Å². The minimum absolute atomic E-state index is 0.496. The quantitative estimate of drug-likeness (QED) is 0.685. The lowest BCUT2D eigenvalue weighted by atomic mass is 10.2. The molecule has 0 atom stereocenters. The predicted octanol–water partition coefficient (Wildman–Crippen LogP) is 4.90. The van der Waals surface area contributed by atoms with Gasteiger partial charge in [0.05, 0.1) is 16.9 Å². The molecule has 0 aliphatic heterocycles. The number of oxazole rings is 1. The van der Waals surface area contributed by atoms with Crippen molar-refractivity contribution >= 4 is 28.9 Å². The topological polar surface area (TPSA) is 52.0 Å². The van der Waals surface area contributed by atoms with Gasteiger partial charge in [0.1, 0.15) is 0 Å². The standard InChI is InChI=1S/C15H10Cl2N2O/c16-11-4-1-9(2-5-11)14-8-19-15(20-14)10-3-6-12(17)13(18)7-10/h1-8H,18H2. The highest BCUT2D eigenvalue weighted by atomic mass is 35.5. The Labute approximate surface area is 126 Å². The predicted molar refractivity (Wildman–Crippen MR) is 81.8 cm³/mol. The molecule has 2 N–H and O–H groups in total. The zero-order valence-electron chi connectivity index (χ0n) is 10.3. The Morgan fingerprint density at radius 2 is 1.65 bits per heavy atom. The first-order valence-electron chi connectivity index (χ1n) is 5.90. The summed E-state index contributed by atoms with van der Waals surface area (Å²) in [7, 11) is 0. The molecule has 0 saturated heterocycles. The minimum atomic E-state index is 0.496. The number of nitrogens with zero attached hydrogens (tertiary/aromatic N) is 1. The molecular weight excluding hydrogens is 295 g/mol. The zero-order chi connectivity index (χ0) is 14.1. The van der Waals surface area contributed by atoms with E-state index in [4.69, 9.17) is 33.4 Å². The van der Waals surface area contributed by atoms with Crippen LogP contribution in [0.4, 0.5) is 5.69 Å². The lowest BCUT2D eigenvalue weighted by molar-refractivity contribution is 0.589. The number of benzene rings is 2. The van der Waals surface area contributed by atoms with Gasteiger partial charge < -0.3 is 10.2 Å². The highest BCUT2D eigenvalue weighted by molar-refractivity contribution is 6.33. The van der Waals surface area contributed by atoms with E-state index < -0.39 is 0 Å². The second-order valence-electron chi connectivity index (χ2n) is 4.27. The van der Waals surface area contributed by atoms with Crippen molar-refractivity contribution in [2.24, 2.45) is 0 Å². The molecule has 3 aromatic rings. The Balaban J connectivity index is 1.97. The average Bonchev–Trinajstić information content (AvgIpc) is 2.92. The Bertz CT molecular complexity index is 751. The fourth-order valence-corrected chi connectivity index (χ4v) is 2.08. The van der Waals surface area contributed by atoms with Crippen molar-refractivity contribution in [3.63, 3.8) is 0 Å². The SMILES string of the molecule is Nc1cc(-c2ncc(-c3ccc(Cl)cc3)o2)ccc1Cl. The molecule has 1 heterocycles. The van der Waals surface area contributed by atoms with E-state index in [9.17, 15) is 0 Å². The van der Waals surface area contributed by atoms with E-state index >= 15 is 0 Å². The number of aromatic nitrogens is 1.